The lowest BCUT2D eigenvalue weighted by Gasteiger charge is -2.18. The van der Waals surface area contributed by atoms with Crippen LogP contribution in [0.25, 0.3) is 11.1 Å². The molecule has 176 valence electrons. The van der Waals surface area contributed by atoms with E-state index in [1.807, 2.05) is 85.7 Å². The number of amides is 2. The van der Waals surface area contributed by atoms with E-state index >= 15 is 0 Å². The van der Waals surface area contributed by atoms with Gasteiger partial charge in [-0.25, -0.2) is 0 Å². The van der Waals surface area contributed by atoms with Gasteiger partial charge < -0.3 is 15.1 Å². The monoisotopic (exact) mass is 465 g/mol. The molecule has 1 aliphatic heterocycles. The first kappa shape index (κ1) is 22.4. The van der Waals surface area contributed by atoms with E-state index in [2.05, 4.69) is 10.4 Å². The predicted octanol–water partition coefficient (Wildman–Crippen LogP) is 4.46. The van der Waals surface area contributed by atoms with E-state index in [1.54, 1.807) is 28.0 Å². The summed E-state index contributed by atoms with van der Waals surface area (Å²) in [5.41, 5.74) is 6.24. The summed E-state index contributed by atoms with van der Waals surface area (Å²) in [6.07, 6.45) is 4.19. The molecule has 0 spiro atoms. The van der Waals surface area contributed by atoms with Crippen molar-refractivity contribution in [2.24, 2.45) is 0 Å². The van der Waals surface area contributed by atoms with Gasteiger partial charge in [-0.15, -0.1) is 0 Å². The first-order valence-electron chi connectivity index (χ1n) is 11.6. The van der Waals surface area contributed by atoms with Crippen LogP contribution in [0, 0.1) is 0 Å². The number of benzene rings is 3. The van der Waals surface area contributed by atoms with Gasteiger partial charge in [-0.2, -0.15) is 5.10 Å². The maximum absolute atomic E-state index is 13.2. The maximum Gasteiger partial charge on any atom is 0.256 e. The molecule has 5 rings (SSSR count). The Bertz CT molecular complexity index is 1360. The van der Waals surface area contributed by atoms with Crippen LogP contribution in [-0.2, 0) is 17.8 Å². The third-order valence-electron chi connectivity index (χ3n) is 6.26. The number of aromatic nitrogens is 2. The number of anilines is 3. The van der Waals surface area contributed by atoms with Crippen molar-refractivity contribution >= 4 is 28.9 Å². The molecule has 35 heavy (non-hydrogen) atoms. The highest BCUT2D eigenvalue weighted by Gasteiger charge is 2.25. The average Bonchev–Trinajstić information content (AvgIpc) is 3.53. The molecule has 0 radical (unpaired) electrons. The van der Waals surface area contributed by atoms with E-state index in [1.165, 1.54) is 0 Å². The molecule has 0 bridgehead atoms. The lowest BCUT2D eigenvalue weighted by Crippen LogP contribution is -2.32. The summed E-state index contributed by atoms with van der Waals surface area (Å²) in [5.74, 6) is -0.166. The normalized spacial score (nSPS) is 12.3. The summed E-state index contributed by atoms with van der Waals surface area (Å²) < 4.78 is 1.63. The maximum atomic E-state index is 13.2. The lowest BCUT2D eigenvalue weighted by atomic mass is 9.98. The zero-order chi connectivity index (χ0) is 24.4. The molecule has 2 heterocycles. The van der Waals surface area contributed by atoms with Crippen molar-refractivity contribution in [3.63, 3.8) is 0 Å². The van der Waals surface area contributed by atoms with Crippen LogP contribution in [0.3, 0.4) is 0 Å². The fourth-order valence-electron chi connectivity index (χ4n) is 4.43. The SMILES string of the molecule is CN(C)c1ccc(-c2ccccc2C(=O)Nc2ccc3c(c2)CCN3C(=O)Cn2cccn2)cc1. The summed E-state index contributed by atoms with van der Waals surface area (Å²) >= 11 is 0. The van der Waals surface area contributed by atoms with E-state index in [9.17, 15) is 9.59 Å². The molecule has 0 fully saturated rings. The molecule has 0 unspecified atom stereocenters. The third-order valence-corrected chi connectivity index (χ3v) is 6.26. The quantitative estimate of drug-likeness (QED) is 0.457. The van der Waals surface area contributed by atoms with Gasteiger partial charge >= 0.3 is 0 Å². The van der Waals surface area contributed by atoms with Gasteiger partial charge in [-0.3, -0.25) is 14.3 Å². The minimum absolute atomic E-state index is 0.00144. The zero-order valence-corrected chi connectivity index (χ0v) is 19.8. The number of rotatable bonds is 6. The molecule has 4 aromatic rings. The molecular formula is C28H27N5O2. The van der Waals surface area contributed by atoms with Crippen molar-refractivity contribution in [3.05, 3.63) is 96.3 Å². The largest absolute Gasteiger partial charge is 0.378 e. The fourth-order valence-corrected chi connectivity index (χ4v) is 4.43. The minimum atomic E-state index is -0.165. The molecule has 1 aromatic heterocycles. The number of carbonyl (C=O) groups is 2. The number of fused-ring (bicyclic) bond motifs is 1. The molecule has 0 saturated carbocycles. The molecule has 7 heteroatoms. The summed E-state index contributed by atoms with van der Waals surface area (Å²) in [6, 6.07) is 23.3. The Hall–Kier alpha value is -4.39. The molecule has 0 saturated heterocycles. The number of hydrogen-bond donors (Lipinski definition) is 1. The van der Waals surface area contributed by atoms with Crippen molar-refractivity contribution in [3.8, 4) is 11.1 Å². The third kappa shape index (κ3) is 4.66. The average molecular weight is 466 g/mol. The molecular weight excluding hydrogens is 438 g/mol. The Morgan fingerprint density at radius 3 is 2.54 bits per heavy atom. The molecule has 1 N–H and O–H groups in total. The molecule has 0 atom stereocenters. The van der Waals surface area contributed by atoms with Crippen LogP contribution < -0.4 is 15.1 Å². The topological polar surface area (TPSA) is 70.5 Å². The predicted molar refractivity (Wildman–Crippen MR) is 139 cm³/mol. The van der Waals surface area contributed by atoms with Crippen LogP contribution in [0.4, 0.5) is 17.1 Å². The highest BCUT2D eigenvalue weighted by molar-refractivity contribution is 6.09. The second kappa shape index (κ2) is 9.46. The van der Waals surface area contributed by atoms with Gasteiger partial charge in [-0.1, -0.05) is 30.3 Å². The number of nitrogens with zero attached hydrogens (tertiary/aromatic N) is 4. The van der Waals surface area contributed by atoms with Crippen molar-refractivity contribution in [2.75, 3.05) is 35.8 Å². The van der Waals surface area contributed by atoms with Gasteiger partial charge in [0.2, 0.25) is 5.91 Å². The Morgan fingerprint density at radius 2 is 1.80 bits per heavy atom. The fraction of sp³-hybridized carbons (Fsp3) is 0.179. The number of hydrogen-bond acceptors (Lipinski definition) is 4. The van der Waals surface area contributed by atoms with Gasteiger partial charge in [0.05, 0.1) is 0 Å². The van der Waals surface area contributed by atoms with E-state index in [4.69, 9.17) is 0 Å². The zero-order valence-electron chi connectivity index (χ0n) is 19.8. The van der Waals surface area contributed by atoms with Crippen LogP contribution in [0.1, 0.15) is 15.9 Å². The highest BCUT2D eigenvalue weighted by Crippen LogP contribution is 2.32. The van der Waals surface area contributed by atoms with Crippen LogP contribution in [0.5, 0.6) is 0 Å². The summed E-state index contributed by atoms with van der Waals surface area (Å²) in [5, 5.41) is 7.16. The van der Waals surface area contributed by atoms with Crippen LogP contribution in [0.15, 0.2) is 85.2 Å². The van der Waals surface area contributed by atoms with Gasteiger partial charge in [0.25, 0.3) is 5.91 Å². The van der Waals surface area contributed by atoms with Crippen LogP contribution in [-0.4, -0.2) is 42.2 Å². The van der Waals surface area contributed by atoms with E-state index < -0.39 is 0 Å². The molecule has 0 aliphatic carbocycles. The Morgan fingerprint density at radius 1 is 1.00 bits per heavy atom. The summed E-state index contributed by atoms with van der Waals surface area (Å²) in [6.45, 7) is 0.829. The molecule has 7 nitrogen and oxygen atoms in total. The van der Waals surface area contributed by atoms with Crippen molar-refractivity contribution < 1.29 is 9.59 Å². The highest BCUT2D eigenvalue weighted by atomic mass is 16.2. The van der Waals surface area contributed by atoms with Gasteiger partial charge in [-0.05, 0) is 65.6 Å². The standard InChI is InChI=1S/C28H27N5O2/c1-31(2)23-11-8-20(9-12-23)24-6-3-4-7-25(24)28(35)30-22-10-13-26-21(18-22)14-17-33(26)27(34)19-32-16-5-15-29-32/h3-13,15-16,18H,14,17,19H2,1-2H3,(H,30,35). The lowest BCUT2D eigenvalue weighted by molar-refractivity contribution is -0.119. The van der Waals surface area contributed by atoms with Crippen LogP contribution in [0.2, 0.25) is 0 Å². The summed E-state index contributed by atoms with van der Waals surface area (Å²) in [7, 11) is 4.00. The first-order valence-corrected chi connectivity index (χ1v) is 11.6. The Kier molecular flexibility index (Phi) is 6.06. The Labute approximate surface area is 204 Å². The second-order valence-electron chi connectivity index (χ2n) is 8.78. The van der Waals surface area contributed by atoms with E-state index in [0.29, 0.717) is 17.8 Å². The van der Waals surface area contributed by atoms with Crippen molar-refractivity contribution in [1.82, 2.24) is 9.78 Å². The molecule has 1 aliphatic rings. The van der Waals surface area contributed by atoms with Gasteiger partial charge in [0, 0.05) is 55.7 Å². The number of carbonyl (C=O) groups excluding carboxylic acids is 2. The van der Waals surface area contributed by atoms with E-state index in [0.717, 1.165) is 34.5 Å². The number of nitrogens with one attached hydrogen (secondary N) is 1. The van der Waals surface area contributed by atoms with Gasteiger partial charge in [0.1, 0.15) is 6.54 Å². The summed E-state index contributed by atoms with van der Waals surface area (Å²) in [4.78, 5) is 29.8. The second-order valence-corrected chi connectivity index (χ2v) is 8.78. The molecule has 3 aromatic carbocycles. The first-order chi connectivity index (χ1) is 17.0. The van der Waals surface area contributed by atoms with Crippen LogP contribution >= 0.6 is 0 Å². The van der Waals surface area contributed by atoms with Crippen molar-refractivity contribution in [1.29, 1.82) is 0 Å². The van der Waals surface area contributed by atoms with E-state index in [-0.39, 0.29) is 18.4 Å². The van der Waals surface area contributed by atoms with Crippen molar-refractivity contribution in [2.45, 2.75) is 13.0 Å². The Balaban J connectivity index is 1.33. The smallest absolute Gasteiger partial charge is 0.256 e. The molecule has 2 amide bonds. The minimum Gasteiger partial charge on any atom is -0.378 e. The van der Waals surface area contributed by atoms with Gasteiger partial charge in [0.15, 0.2) is 0 Å².